The van der Waals surface area contributed by atoms with Gasteiger partial charge >= 0.3 is 0 Å². The van der Waals surface area contributed by atoms with Crippen LogP contribution in [-0.4, -0.2) is 20.3 Å². The first kappa shape index (κ1) is 13.7. The van der Waals surface area contributed by atoms with Gasteiger partial charge in [-0.1, -0.05) is 12.8 Å². The molecule has 1 saturated carbocycles. The van der Waals surface area contributed by atoms with E-state index in [2.05, 4.69) is 4.72 Å². The first-order valence-electron chi connectivity index (χ1n) is 6.23. The minimum atomic E-state index is -3.29. The van der Waals surface area contributed by atoms with Crippen LogP contribution in [0.15, 0.2) is 24.3 Å². The van der Waals surface area contributed by atoms with Gasteiger partial charge in [-0.3, -0.25) is 4.72 Å². The van der Waals surface area contributed by atoms with Gasteiger partial charge in [-0.25, -0.2) is 8.42 Å². The molecular formula is C13H16N2O3S. The van der Waals surface area contributed by atoms with Crippen LogP contribution in [0.2, 0.25) is 0 Å². The number of nitriles is 1. The van der Waals surface area contributed by atoms with E-state index >= 15 is 0 Å². The Kier molecular flexibility index (Phi) is 4.27. The lowest BCUT2D eigenvalue weighted by molar-refractivity contribution is 0.368. The molecule has 0 unspecified atom stereocenters. The van der Waals surface area contributed by atoms with Crippen molar-refractivity contribution in [2.24, 2.45) is 0 Å². The fourth-order valence-electron chi connectivity index (χ4n) is 2.18. The largest absolute Gasteiger partial charge is 0.479 e. The van der Waals surface area contributed by atoms with Gasteiger partial charge in [0.1, 0.15) is 11.8 Å². The third kappa shape index (κ3) is 3.61. The van der Waals surface area contributed by atoms with E-state index in [-0.39, 0.29) is 11.9 Å². The van der Waals surface area contributed by atoms with Crippen molar-refractivity contribution in [1.29, 1.82) is 5.26 Å². The molecule has 1 fully saturated rings. The molecule has 0 aromatic heterocycles. The number of hydrogen-bond donors (Lipinski definition) is 1. The molecule has 1 aliphatic rings. The van der Waals surface area contributed by atoms with Crippen molar-refractivity contribution < 1.29 is 13.2 Å². The van der Waals surface area contributed by atoms with Crippen LogP contribution in [-0.2, 0) is 10.0 Å². The van der Waals surface area contributed by atoms with Gasteiger partial charge in [0.15, 0.2) is 6.61 Å². The van der Waals surface area contributed by atoms with Gasteiger partial charge in [-0.15, -0.1) is 0 Å². The SMILES string of the molecule is N#CCOc1ccc(NS(=O)(=O)C2CCCC2)cc1. The van der Waals surface area contributed by atoms with Crippen molar-refractivity contribution in [3.05, 3.63) is 24.3 Å². The molecule has 0 amide bonds. The number of benzene rings is 1. The molecule has 0 aliphatic heterocycles. The van der Waals surface area contributed by atoms with Crippen molar-refractivity contribution in [1.82, 2.24) is 0 Å². The van der Waals surface area contributed by atoms with E-state index in [0.29, 0.717) is 11.4 Å². The molecule has 5 nitrogen and oxygen atoms in total. The number of sulfonamides is 1. The van der Waals surface area contributed by atoms with Gasteiger partial charge < -0.3 is 4.74 Å². The van der Waals surface area contributed by atoms with E-state index in [4.69, 9.17) is 10.00 Å². The average molecular weight is 280 g/mol. The highest BCUT2D eigenvalue weighted by molar-refractivity contribution is 7.93. The zero-order valence-electron chi connectivity index (χ0n) is 10.5. The van der Waals surface area contributed by atoms with Crippen molar-refractivity contribution in [3.63, 3.8) is 0 Å². The van der Waals surface area contributed by atoms with Crippen LogP contribution in [0.25, 0.3) is 0 Å². The topological polar surface area (TPSA) is 79.2 Å². The first-order valence-corrected chi connectivity index (χ1v) is 7.78. The summed E-state index contributed by atoms with van der Waals surface area (Å²) >= 11 is 0. The van der Waals surface area contributed by atoms with E-state index in [1.807, 2.05) is 6.07 Å². The van der Waals surface area contributed by atoms with Gasteiger partial charge in [0.25, 0.3) is 0 Å². The van der Waals surface area contributed by atoms with Crippen LogP contribution < -0.4 is 9.46 Å². The monoisotopic (exact) mass is 280 g/mol. The van der Waals surface area contributed by atoms with Gasteiger partial charge in [0.05, 0.1) is 5.25 Å². The maximum atomic E-state index is 12.1. The Hall–Kier alpha value is -1.74. The third-order valence-electron chi connectivity index (χ3n) is 3.16. The minimum absolute atomic E-state index is 0.0207. The Balaban J connectivity index is 2.01. The highest BCUT2D eigenvalue weighted by atomic mass is 32.2. The standard InChI is InChI=1S/C13H16N2O3S/c14-9-10-18-12-7-5-11(6-8-12)15-19(16,17)13-3-1-2-4-13/h5-8,13,15H,1-4,10H2. The molecular weight excluding hydrogens is 264 g/mol. The predicted molar refractivity (Wildman–Crippen MR) is 72.3 cm³/mol. The van der Waals surface area contributed by atoms with Crippen molar-refractivity contribution >= 4 is 15.7 Å². The molecule has 0 radical (unpaired) electrons. The zero-order chi connectivity index (χ0) is 13.7. The van der Waals surface area contributed by atoms with Crippen molar-refractivity contribution in [2.75, 3.05) is 11.3 Å². The Morgan fingerprint density at radius 1 is 1.26 bits per heavy atom. The molecule has 0 bridgehead atoms. The molecule has 0 spiro atoms. The van der Waals surface area contributed by atoms with Crippen LogP contribution in [0, 0.1) is 11.3 Å². The Morgan fingerprint density at radius 2 is 1.89 bits per heavy atom. The van der Waals surface area contributed by atoms with Gasteiger partial charge in [0, 0.05) is 5.69 Å². The number of hydrogen-bond acceptors (Lipinski definition) is 4. The van der Waals surface area contributed by atoms with Crippen LogP contribution in [0.1, 0.15) is 25.7 Å². The third-order valence-corrected chi connectivity index (χ3v) is 5.03. The van der Waals surface area contributed by atoms with Crippen LogP contribution in [0.3, 0.4) is 0 Å². The summed E-state index contributed by atoms with van der Waals surface area (Å²) < 4.78 is 31.8. The Labute approximate surface area is 113 Å². The summed E-state index contributed by atoms with van der Waals surface area (Å²) in [6, 6.07) is 8.43. The molecule has 19 heavy (non-hydrogen) atoms. The van der Waals surface area contributed by atoms with Crippen molar-refractivity contribution in [2.45, 2.75) is 30.9 Å². The first-order chi connectivity index (χ1) is 9.12. The molecule has 1 aliphatic carbocycles. The second-order valence-corrected chi connectivity index (χ2v) is 6.49. The predicted octanol–water partition coefficient (Wildman–Crippen LogP) is 2.27. The molecule has 1 N–H and O–H groups in total. The summed E-state index contributed by atoms with van der Waals surface area (Å²) in [7, 11) is -3.29. The van der Waals surface area contributed by atoms with Crippen LogP contribution >= 0.6 is 0 Å². The lowest BCUT2D eigenvalue weighted by atomic mass is 10.3. The van der Waals surface area contributed by atoms with Crippen LogP contribution in [0.4, 0.5) is 5.69 Å². The Bertz CT molecular complexity index is 555. The summed E-state index contributed by atoms with van der Waals surface area (Å²) in [6.07, 6.45) is 3.43. The minimum Gasteiger partial charge on any atom is -0.479 e. The van der Waals surface area contributed by atoms with Crippen molar-refractivity contribution in [3.8, 4) is 11.8 Å². The van der Waals surface area contributed by atoms with E-state index < -0.39 is 10.0 Å². The molecule has 2 rings (SSSR count). The summed E-state index contributed by atoms with van der Waals surface area (Å²) in [5.74, 6) is 0.547. The normalized spacial score (nSPS) is 15.9. The average Bonchev–Trinajstić information content (AvgIpc) is 2.92. The molecule has 0 saturated heterocycles. The lowest BCUT2D eigenvalue weighted by Gasteiger charge is -2.13. The molecule has 6 heteroatoms. The molecule has 1 aromatic carbocycles. The maximum Gasteiger partial charge on any atom is 0.235 e. The van der Waals surface area contributed by atoms with E-state index in [1.54, 1.807) is 24.3 Å². The fraction of sp³-hybridized carbons (Fsp3) is 0.462. The molecule has 1 aromatic rings. The number of rotatable bonds is 5. The number of ether oxygens (including phenoxy) is 1. The second kappa shape index (κ2) is 5.93. The van der Waals surface area contributed by atoms with E-state index in [1.165, 1.54) is 0 Å². The summed E-state index contributed by atoms with van der Waals surface area (Å²) in [6.45, 7) is -0.0207. The quantitative estimate of drug-likeness (QED) is 0.897. The smallest absolute Gasteiger partial charge is 0.235 e. The summed E-state index contributed by atoms with van der Waals surface area (Å²) in [4.78, 5) is 0. The second-order valence-electron chi connectivity index (χ2n) is 4.52. The lowest BCUT2D eigenvalue weighted by Crippen LogP contribution is -2.25. The van der Waals surface area contributed by atoms with E-state index in [9.17, 15) is 8.42 Å². The highest BCUT2D eigenvalue weighted by Crippen LogP contribution is 2.26. The highest BCUT2D eigenvalue weighted by Gasteiger charge is 2.28. The van der Waals surface area contributed by atoms with Gasteiger partial charge in [-0.05, 0) is 37.1 Å². The fourth-order valence-corrected chi connectivity index (χ4v) is 3.77. The molecule has 0 heterocycles. The van der Waals surface area contributed by atoms with Crippen LogP contribution in [0.5, 0.6) is 5.75 Å². The maximum absolute atomic E-state index is 12.1. The van der Waals surface area contributed by atoms with Gasteiger partial charge in [-0.2, -0.15) is 5.26 Å². The number of nitrogens with one attached hydrogen (secondary N) is 1. The zero-order valence-corrected chi connectivity index (χ0v) is 11.3. The number of anilines is 1. The Morgan fingerprint density at radius 3 is 2.47 bits per heavy atom. The molecule has 102 valence electrons. The molecule has 0 atom stereocenters. The summed E-state index contributed by atoms with van der Waals surface area (Å²) in [5, 5.41) is 8.11. The van der Waals surface area contributed by atoms with E-state index in [0.717, 1.165) is 25.7 Å². The number of nitrogens with zero attached hydrogens (tertiary/aromatic N) is 1. The summed E-state index contributed by atoms with van der Waals surface area (Å²) in [5.41, 5.74) is 0.524. The van der Waals surface area contributed by atoms with Gasteiger partial charge in [0.2, 0.25) is 10.0 Å².